The Bertz CT molecular complexity index is 761. The molecule has 3 aliphatic rings. The highest BCUT2D eigenvalue weighted by atomic mass is 16.2. The van der Waals surface area contributed by atoms with Crippen molar-refractivity contribution < 1.29 is 19.2 Å². The summed E-state index contributed by atoms with van der Waals surface area (Å²) >= 11 is 0. The third kappa shape index (κ3) is 5.42. The van der Waals surface area contributed by atoms with E-state index in [1.165, 1.54) is 0 Å². The monoisotopic (exact) mass is 449 g/mol. The van der Waals surface area contributed by atoms with Crippen molar-refractivity contribution >= 4 is 23.8 Å². The van der Waals surface area contributed by atoms with Crippen molar-refractivity contribution in [3.8, 4) is 0 Å². The van der Waals surface area contributed by atoms with E-state index in [0.29, 0.717) is 51.5 Å². The second-order valence-corrected chi connectivity index (χ2v) is 10.8. The summed E-state index contributed by atoms with van der Waals surface area (Å²) in [5.74, 6) is -0.175. The van der Waals surface area contributed by atoms with Crippen LogP contribution in [0.15, 0.2) is 0 Å². The van der Waals surface area contributed by atoms with Crippen LogP contribution >= 0.6 is 0 Å². The maximum absolute atomic E-state index is 13.2. The highest BCUT2D eigenvalue weighted by Gasteiger charge is 2.56. The van der Waals surface area contributed by atoms with Gasteiger partial charge in [-0.3, -0.25) is 24.2 Å². The van der Waals surface area contributed by atoms with Gasteiger partial charge in [0.05, 0.1) is 6.54 Å². The highest BCUT2D eigenvalue weighted by molar-refractivity contribution is 6.09. The Morgan fingerprint density at radius 3 is 2.38 bits per heavy atom. The van der Waals surface area contributed by atoms with E-state index in [1.54, 1.807) is 4.90 Å². The number of nitrogens with one attached hydrogen (secondary N) is 2. The quantitative estimate of drug-likeness (QED) is 0.593. The molecule has 0 aromatic heterocycles. The fourth-order valence-electron chi connectivity index (χ4n) is 5.67. The van der Waals surface area contributed by atoms with Crippen molar-refractivity contribution in [2.45, 2.75) is 71.9 Å². The molecule has 0 aromatic carbocycles. The molecule has 2 N–H and O–H groups in total. The molecule has 3 atom stereocenters. The van der Waals surface area contributed by atoms with Crippen molar-refractivity contribution in [3.05, 3.63) is 0 Å². The van der Waals surface area contributed by atoms with Gasteiger partial charge in [0.1, 0.15) is 12.1 Å². The Kier molecular flexibility index (Phi) is 7.17. The average Bonchev–Trinajstić information content (AvgIpc) is 2.89. The minimum atomic E-state index is -0.889. The van der Waals surface area contributed by atoms with Gasteiger partial charge in [0.25, 0.3) is 5.91 Å². The average molecular weight is 450 g/mol. The predicted octanol–water partition coefficient (Wildman–Crippen LogP) is 1.18. The van der Waals surface area contributed by atoms with Crippen LogP contribution in [-0.2, 0) is 14.4 Å². The van der Waals surface area contributed by atoms with E-state index in [4.69, 9.17) is 0 Å². The second kappa shape index (κ2) is 9.37. The molecule has 180 valence electrons. The fourth-order valence-corrected chi connectivity index (χ4v) is 5.67. The summed E-state index contributed by atoms with van der Waals surface area (Å²) in [6.07, 6.45) is 3.10. The van der Waals surface area contributed by atoms with Gasteiger partial charge in [0.15, 0.2) is 0 Å². The van der Waals surface area contributed by atoms with E-state index in [-0.39, 0.29) is 35.7 Å². The summed E-state index contributed by atoms with van der Waals surface area (Å²) in [5, 5.41) is 5.88. The molecule has 2 aliphatic heterocycles. The first-order valence-electron chi connectivity index (χ1n) is 11.9. The zero-order valence-electron chi connectivity index (χ0n) is 20.2. The Morgan fingerprint density at radius 1 is 1.12 bits per heavy atom. The second-order valence-electron chi connectivity index (χ2n) is 10.8. The lowest BCUT2D eigenvalue weighted by molar-refractivity contribution is -0.141. The van der Waals surface area contributed by atoms with Gasteiger partial charge in [-0.15, -0.1) is 0 Å². The van der Waals surface area contributed by atoms with E-state index < -0.39 is 11.6 Å². The zero-order chi connectivity index (χ0) is 23.7. The van der Waals surface area contributed by atoms with Gasteiger partial charge >= 0.3 is 6.03 Å². The van der Waals surface area contributed by atoms with Crippen molar-refractivity contribution in [2.24, 2.45) is 11.3 Å². The van der Waals surface area contributed by atoms with Crippen LogP contribution in [0.5, 0.6) is 0 Å². The van der Waals surface area contributed by atoms with Crippen molar-refractivity contribution in [3.63, 3.8) is 0 Å². The van der Waals surface area contributed by atoms with Gasteiger partial charge in [-0.2, -0.15) is 0 Å². The molecule has 3 rings (SSSR count). The first kappa shape index (κ1) is 24.5. The van der Waals surface area contributed by atoms with E-state index in [0.717, 1.165) is 17.7 Å². The molecule has 9 nitrogen and oxygen atoms in total. The summed E-state index contributed by atoms with van der Waals surface area (Å²) in [5.41, 5.74) is -0.932. The Morgan fingerprint density at radius 2 is 1.78 bits per heavy atom. The maximum Gasteiger partial charge on any atom is 0.325 e. The van der Waals surface area contributed by atoms with Gasteiger partial charge < -0.3 is 15.5 Å². The standard InChI is InChI=1S/C23H39N5O4/c1-6-17(3)24-18(29)13-26-7-9-27(10-8-26)19(30)14-28-20(31)23(25-21(28)32)12-16(2)11-22(4,5)15-23/h16-17H,6-15H2,1-5H3,(H,24,29)(H,25,32). The van der Waals surface area contributed by atoms with E-state index in [1.807, 2.05) is 18.7 Å². The number of carbonyl (C=O) groups excluding carboxylic acids is 4. The first-order chi connectivity index (χ1) is 14.9. The predicted molar refractivity (Wildman–Crippen MR) is 121 cm³/mol. The third-order valence-corrected chi connectivity index (χ3v) is 7.03. The van der Waals surface area contributed by atoms with Crippen LogP contribution in [-0.4, -0.2) is 89.3 Å². The van der Waals surface area contributed by atoms with Gasteiger partial charge in [0, 0.05) is 32.2 Å². The van der Waals surface area contributed by atoms with Crippen LogP contribution in [0.2, 0.25) is 0 Å². The SMILES string of the molecule is CCC(C)NC(=O)CN1CCN(C(=O)CN2C(=O)NC3(CC(C)CC(C)(C)C3)C2=O)CC1. The maximum atomic E-state index is 13.2. The highest BCUT2D eigenvalue weighted by Crippen LogP contribution is 2.46. The Labute approximate surface area is 191 Å². The molecule has 0 bridgehead atoms. The summed E-state index contributed by atoms with van der Waals surface area (Å²) in [4.78, 5) is 55.7. The summed E-state index contributed by atoms with van der Waals surface area (Å²) in [6.45, 7) is 12.6. The van der Waals surface area contributed by atoms with Gasteiger partial charge in [-0.25, -0.2) is 4.79 Å². The number of rotatable bonds is 6. The molecule has 0 aromatic rings. The van der Waals surface area contributed by atoms with Gasteiger partial charge in [0.2, 0.25) is 11.8 Å². The normalized spacial score (nSPS) is 29.2. The van der Waals surface area contributed by atoms with E-state index in [2.05, 4.69) is 31.4 Å². The molecular weight excluding hydrogens is 410 g/mol. The number of hydrogen-bond acceptors (Lipinski definition) is 5. The van der Waals surface area contributed by atoms with E-state index >= 15 is 0 Å². The Balaban J connectivity index is 1.53. The molecule has 0 radical (unpaired) electrons. The molecule has 5 amide bonds. The lowest BCUT2D eigenvalue weighted by atomic mass is 9.64. The van der Waals surface area contributed by atoms with E-state index in [9.17, 15) is 19.2 Å². The number of imide groups is 1. The largest absolute Gasteiger partial charge is 0.353 e. The first-order valence-corrected chi connectivity index (χ1v) is 11.9. The number of carbonyl (C=O) groups is 4. The molecule has 9 heteroatoms. The molecule has 1 spiro atoms. The van der Waals surface area contributed by atoms with Crippen LogP contribution in [0, 0.1) is 11.3 Å². The Hall–Kier alpha value is -2.16. The topological polar surface area (TPSA) is 102 Å². The summed E-state index contributed by atoms with van der Waals surface area (Å²) in [7, 11) is 0. The molecular formula is C23H39N5O4. The lowest BCUT2D eigenvalue weighted by Gasteiger charge is -2.43. The minimum Gasteiger partial charge on any atom is -0.353 e. The summed E-state index contributed by atoms with van der Waals surface area (Å²) < 4.78 is 0. The zero-order valence-corrected chi connectivity index (χ0v) is 20.2. The number of nitrogens with zero attached hydrogens (tertiary/aromatic N) is 3. The summed E-state index contributed by atoms with van der Waals surface area (Å²) in [6, 6.07) is -0.316. The van der Waals surface area contributed by atoms with Crippen LogP contribution in [0.3, 0.4) is 0 Å². The molecule has 3 fully saturated rings. The number of hydrogen-bond donors (Lipinski definition) is 2. The van der Waals surface area contributed by atoms with Crippen molar-refractivity contribution in [1.82, 2.24) is 25.3 Å². The van der Waals surface area contributed by atoms with Gasteiger partial charge in [-0.1, -0.05) is 27.7 Å². The van der Waals surface area contributed by atoms with Gasteiger partial charge in [-0.05, 0) is 43.9 Å². The molecule has 2 saturated heterocycles. The van der Waals surface area contributed by atoms with Crippen LogP contribution in [0.1, 0.15) is 60.3 Å². The molecule has 2 heterocycles. The van der Waals surface area contributed by atoms with Crippen LogP contribution in [0.25, 0.3) is 0 Å². The van der Waals surface area contributed by atoms with Crippen molar-refractivity contribution in [1.29, 1.82) is 0 Å². The molecule has 1 saturated carbocycles. The van der Waals surface area contributed by atoms with Crippen molar-refractivity contribution in [2.75, 3.05) is 39.3 Å². The minimum absolute atomic E-state index is 0.00612. The fraction of sp³-hybridized carbons (Fsp3) is 0.826. The number of piperazine rings is 1. The number of urea groups is 1. The third-order valence-electron chi connectivity index (χ3n) is 7.03. The molecule has 3 unspecified atom stereocenters. The lowest BCUT2D eigenvalue weighted by Crippen LogP contribution is -2.55. The van der Waals surface area contributed by atoms with Crippen LogP contribution < -0.4 is 10.6 Å². The molecule has 1 aliphatic carbocycles. The van der Waals surface area contributed by atoms with Crippen LogP contribution in [0.4, 0.5) is 4.79 Å². The molecule has 32 heavy (non-hydrogen) atoms. The smallest absolute Gasteiger partial charge is 0.325 e. The number of amides is 5.